The van der Waals surface area contributed by atoms with Gasteiger partial charge >= 0.3 is 5.97 Å². The van der Waals surface area contributed by atoms with E-state index in [1.807, 2.05) is 48.5 Å². The van der Waals surface area contributed by atoms with Crippen molar-refractivity contribution in [3.8, 4) is 11.5 Å². The van der Waals surface area contributed by atoms with Gasteiger partial charge in [-0.2, -0.15) is 0 Å². The predicted octanol–water partition coefficient (Wildman–Crippen LogP) is 3.33. The Kier molecular flexibility index (Phi) is 8.29. The first-order valence-electron chi connectivity index (χ1n) is 8.92. The summed E-state index contributed by atoms with van der Waals surface area (Å²) in [6, 6.07) is 14.6. The minimum atomic E-state index is -0.485. The number of esters is 1. The molecule has 0 fully saturated rings. The molecule has 0 heterocycles. The van der Waals surface area contributed by atoms with Crippen molar-refractivity contribution in [1.29, 1.82) is 0 Å². The molecule has 0 saturated carbocycles. The third kappa shape index (κ3) is 6.55. The van der Waals surface area contributed by atoms with E-state index in [2.05, 4.69) is 9.57 Å². The number of ether oxygens (including phenoxy) is 2. The van der Waals surface area contributed by atoms with E-state index in [4.69, 9.17) is 16.5 Å². The molecule has 0 radical (unpaired) electrons. The van der Waals surface area contributed by atoms with Crippen LogP contribution in [0.25, 0.3) is 0 Å². The predicted molar refractivity (Wildman–Crippen MR) is 108 cm³/mol. The third-order valence-corrected chi connectivity index (χ3v) is 4.50. The minimum absolute atomic E-state index is 0.0809. The second-order valence-electron chi connectivity index (χ2n) is 6.56. The molecule has 150 valence electrons. The zero-order chi connectivity index (χ0) is 20.5. The highest BCUT2D eigenvalue weighted by Crippen LogP contribution is 2.23. The molecule has 0 unspecified atom stereocenters. The Morgan fingerprint density at radius 2 is 1.54 bits per heavy atom. The van der Waals surface area contributed by atoms with Gasteiger partial charge in [0, 0.05) is 20.5 Å². The zero-order valence-electron chi connectivity index (χ0n) is 16.3. The van der Waals surface area contributed by atoms with Gasteiger partial charge < -0.3 is 14.4 Å². The number of carbonyl (C=O) groups excluding carboxylic acids is 2. The lowest BCUT2D eigenvalue weighted by molar-refractivity contribution is -0.140. The first kappa shape index (κ1) is 21.7. The van der Waals surface area contributed by atoms with E-state index in [-0.39, 0.29) is 11.9 Å². The van der Waals surface area contributed by atoms with E-state index in [0.29, 0.717) is 30.8 Å². The van der Waals surface area contributed by atoms with Crippen LogP contribution in [-0.2, 0) is 27.2 Å². The molecule has 1 N–H and O–H groups in total. The molecule has 28 heavy (non-hydrogen) atoms. The molecular weight excluding hydrogens is 380 g/mol. The number of rotatable bonds is 9. The average Bonchev–Trinajstić information content (AvgIpc) is 2.71. The van der Waals surface area contributed by atoms with Crippen molar-refractivity contribution in [2.24, 2.45) is 0 Å². The fraction of sp³-hybridized carbons (Fsp3) is 0.333. The van der Waals surface area contributed by atoms with Gasteiger partial charge in [-0.25, -0.2) is 4.84 Å². The van der Waals surface area contributed by atoms with Crippen molar-refractivity contribution in [3.05, 3.63) is 59.7 Å². The number of nitrogens with zero attached hydrogens (tertiary/aromatic N) is 1. The molecule has 6 nitrogen and oxygen atoms in total. The van der Waals surface area contributed by atoms with Crippen LogP contribution < -0.4 is 9.57 Å². The molecule has 0 aliphatic heterocycles. The maximum absolute atomic E-state index is 12.0. The van der Waals surface area contributed by atoms with E-state index in [9.17, 15) is 9.59 Å². The summed E-state index contributed by atoms with van der Waals surface area (Å²) in [5.41, 5.74) is 2.01. The van der Waals surface area contributed by atoms with Crippen molar-refractivity contribution in [2.45, 2.75) is 25.3 Å². The van der Waals surface area contributed by atoms with Crippen molar-refractivity contribution in [1.82, 2.24) is 9.74 Å². The van der Waals surface area contributed by atoms with Crippen LogP contribution in [0.2, 0.25) is 0 Å². The number of likely N-dealkylation sites (N-methyl/N-ethyl adjacent to an activating group) is 1. The maximum Gasteiger partial charge on any atom is 0.305 e. The largest absolute Gasteiger partial charge is 0.469 e. The molecule has 0 saturated heterocycles. The highest BCUT2D eigenvalue weighted by molar-refractivity contribution is 6.15. The zero-order valence-corrected chi connectivity index (χ0v) is 17.0. The Labute approximate surface area is 170 Å². The lowest BCUT2D eigenvalue weighted by atomic mass is 10.1. The lowest BCUT2D eigenvalue weighted by Crippen LogP contribution is -2.41. The number of nitrogens with one attached hydrogen (secondary N) is 1. The normalized spacial score (nSPS) is 11.6. The summed E-state index contributed by atoms with van der Waals surface area (Å²) in [6.07, 6.45) is 1.46. The van der Waals surface area contributed by atoms with E-state index >= 15 is 0 Å². The van der Waals surface area contributed by atoms with Crippen LogP contribution in [0.4, 0.5) is 0 Å². The summed E-state index contributed by atoms with van der Waals surface area (Å²) >= 11 is 5.71. The number of hydrogen-bond acceptors (Lipinski definition) is 5. The van der Waals surface area contributed by atoms with Crippen LogP contribution >= 0.6 is 11.8 Å². The van der Waals surface area contributed by atoms with E-state index in [1.165, 1.54) is 12.0 Å². The number of carbonyl (C=O) groups is 2. The number of halogens is 1. The second-order valence-corrected chi connectivity index (χ2v) is 6.78. The molecule has 7 heteroatoms. The molecular formula is C21H25ClN2O4. The first-order chi connectivity index (χ1) is 13.4. The molecule has 2 rings (SSSR count). The highest BCUT2D eigenvalue weighted by atomic mass is 35.5. The van der Waals surface area contributed by atoms with Crippen LogP contribution in [0, 0.1) is 0 Å². The van der Waals surface area contributed by atoms with Gasteiger partial charge in [0.2, 0.25) is 5.91 Å². The minimum Gasteiger partial charge on any atom is -0.469 e. The summed E-state index contributed by atoms with van der Waals surface area (Å²) in [6.45, 7) is 0. The number of hydrogen-bond donors (Lipinski definition) is 1. The Morgan fingerprint density at radius 3 is 2.00 bits per heavy atom. The molecule has 0 bridgehead atoms. The molecule has 0 spiro atoms. The van der Waals surface area contributed by atoms with Gasteiger partial charge in [-0.05, 0) is 60.0 Å². The number of aryl methyl sites for hydroxylation is 1. The molecule has 1 amide bonds. The first-order valence-corrected chi connectivity index (χ1v) is 9.30. The Morgan fingerprint density at radius 1 is 1.00 bits per heavy atom. The standard InChI is InChI=1S/C21H25ClN2O4/c1-24(2)21(26)19(23-22)14-16-6-11-18(12-7-16)28-17-9-4-15(5-10-17)8-13-20(25)27-3/h4-7,9-12,19,23H,8,13-14H2,1-3H3/t19-/m0/s1. The molecule has 0 aliphatic carbocycles. The van der Waals surface area contributed by atoms with Crippen molar-refractivity contribution in [3.63, 3.8) is 0 Å². The van der Waals surface area contributed by atoms with E-state index < -0.39 is 6.04 Å². The summed E-state index contributed by atoms with van der Waals surface area (Å²) in [4.78, 5) is 27.3. The van der Waals surface area contributed by atoms with Gasteiger partial charge in [-0.15, -0.1) is 0 Å². The Hall–Kier alpha value is -2.57. The molecule has 2 aromatic rings. The molecule has 2 aromatic carbocycles. The van der Waals surface area contributed by atoms with Crippen molar-refractivity contribution >= 4 is 23.7 Å². The van der Waals surface area contributed by atoms with E-state index in [0.717, 1.165) is 11.1 Å². The maximum atomic E-state index is 12.0. The summed E-state index contributed by atoms with van der Waals surface area (Å²) in [5.74, 6) is 1.10. The van der Waals surface area contributed by atoms with Crippen molar-refractivity contribution < 1.29 is 19.1 Å². The Bertz CT molecular complexity index is 776. The highest BCUT2D eigenvalue weighted by Gasteiger charge is 2.19. The third-order valence-electron chi connectivity index (χ3n) is 4.24. The smallest absolute Gasteiger partial charge is 0.305 e. The molecule has 0 aromatic heterocycles. The molecule has 1 atom stereocenters. The van der Waals surface area contributed by atoms with Gasteiger partial charge in [0.1, 0.15) is 17.5 Å². The van der Waals surface area contributed by atoms with Crippen LogP contribution in [-0.4, -0.2) is 44.0 Å². The topological polar surface area (TPSA) is 67.9 Å². The fourth-order valence-electron chi connectivity index (χ4n) is 2.62. The fourth-order valence-corrected chi connectivity index (χ4v) is 2.79. The van der Waals surface area contributed by atoms with Gasteiger partial charge in [-0.1, -0.05) is 24.3 Å². The lowest BCUT2D eigenvalue weighted by Gasteiger charge is -2.19. The average molecular weight is 405 g/mol. The van der Waals surface area contributed by atoms with Crippen LogP contribution in [0.15, 0.2) is 48.5 Å². The van der Waals surface area contributed by atoms with Crippen LogP contribution in [0.5, 0.6) is 11.5 Å². The van der Waals surface area contributed by atoms with Gasteiger partial charge in [0.25, 0.3) is 0 Å². The summed E-state index contributed by atoms with van der Waals surface area (Å²) in [5, 5.41) is 0. The summed E-state index contributed by atoms with van der Waals surface area (Å²) < 4.78 is 10.5. The van der Waals surface area contributed by atoms with Gasteiger partial charge in [0.15, 0.2) is 0 Å². The second kappa shape index (κ2) is 10.7. The number of benzene rings is 2. The van der Waals surface area contributed by atoms with Gasteiger partial charge in [0.05, 0.1) is 7.11 Å². The van der Waals surface area contributed by atoms with E-state index in [1.54, 1.807) is 14.1 Å². The SMILES string of the molecule is COC(=O)CCc1ccc(Oc2ccc(C[C@H](NCl)C(=O)N(C)C)cc2)cc1. The molecule has 0 aliphatic rings. The number of methoxy groups -OCH3 is 1. The summed E-state index contributed by atoms with van der Waals surface area (Å²) in [7, 11) is 4.78. The quantitative estimate of drug-likeness (QED) is 0.513. The van der Waals surface area contributed by atoms with Crippen molar-refractivity contribution in [2.75, 3.05) is 21.2 Å². The van der Waals surface area contributed by atoms with Crippen LogP contribution in [0.1, 0.15) is 17.5 Å². The number of amides is 1. The van der Waals surface area contributed by atoms with Gasteiger partial charge in [-0.3, -0.25) is 9.59 Å². The Balaban J connectivity index is 1.93. The van der Waals surface area contributed by atoms with Crippen LogP contribution in [0.3, 0.4) is 0 Å². The monoisotopic (exact) mass is 404 g/mol.